The summed E-state index contributed by atoms with van der Waals surface area (Å²) in [7, 11) is 0. The first kappa shape index (κ1) is 32.1. The maximum absolute atomic E-state index is 14.8. The van der Waals surface area contributed by atoms with Gasteiger partial charge in [0.1, 0.15) is 29.9 Å². The highest BCUT2D eigenvalue weighted by Gasteiger charge is 2.73. The summed E-state index contributed by atoms with van der Waals surface area (Å²) in [6.07, 6.45) is -0.525. The van der Waals surface area contributed by atoms with Crippen molar-refractivity contribution in [2.75, 3.05) is 25.1 Å². The lowest BCUT2D eigenvalue weighted by Crippen LogP contribution is -2.53. The smallest absolute Gasteiger partial charge is 0.324 e. The zero-order chi connectivity index (χ0) is 34.1. The number of aliphatic hydroxyl groups is 2. The molecule has 49 heavy (non-hydrogen) atoms. The molecule has 6 atom stereocenters. The number of benzene rings is 4. The first-order valence-electron chi connectivity index (χ1n) is 16.2. The number of nitrogens with one attached hydrogen (secondary N) is 1. The highest BCUT2D eigenvalue weighted by atomic mass is 16.6. The maximum atomic E-state index is 14.8. The number of rotatable bonds is 8. The zero-order valence-corrected chi connectivity index (χ0v) is 26.5. The summed E-state index contributed by atoms with van der Waals surface area (Å²) in [5.41, 5.74) is 8.38. The van der Waals surface area contributed by atoms with Gasteiger partial charge < -0.3 is 30.7 Å². The number of carbonyl (C=O) groups excluding carboxylic acids is 3. The number of carbonyl (C=O) groups is 3. The number of cyclic esters (lactones) is 1. The highest BCUT2D eigenvalue weighted by Crippen LogP contribution is 2.64. The minimum atomic E-state index is -1.67. The monoisotopic (exact) mass is 657 g/mol. The number of primary amides is 1. The fourth-order valence-electron chi connectivity index (χ4n) is 7.83. The lowest BCUT2D eigenvalue weighted by molar-refractivity contribution is -0.178. The fourth-order valence-corrected chi connectivity index (χ4v) is 7.83. The molecule has 0 saturated carbocycles. The molecular formula is C39H35N3O7. The molecule has 0 radical (unpaired) electrons. The predicted octanol–water partition coefficient (Wildman–Crippen LogP) is 3.55. The summed E-state index contributed by atoms with van der Waals surface area (Å²) >= 11 is 0. The van der Waals surface area contributed by atoms with E-state index in [1.165, 1.54) is 0 Å². The molecule has 10 nitrogen and oxygen atoms in total. The number of fused-ring (bicyclic) bond motifs is 3. The van der Waals surface area contributed by atoms with E-state index in [2.05, 4.69) is 17.2 Å². The molecule has 1 spiro atoms. The van der Waals surface area contributed by atoms with Gasteiger partial charge in [0.2, 0.25) is 11.8 Å². The van der Waals surface area contributed by atoms with Crippen molar-refractivity contribution in [2.45, 2.75) is 36.1 Å². The Morgan fingerprint density at radius 3 is 2.22 bits per heavy atom. The van der Waals surface area contributed by atoms with Crippen LogP contribution in [0.1, 0.15) is 52.4 Å². The third kappa shape index (κ3) is 5.33. The molecule has 3 aliphatic heterocycles. The van der Waals surface area contributed by atoms with Crippen LogP contribution < -0.4 is 15.8 Å². The van der Waals surface area contributed by atoms with Crippen molar-refractivity contribution in [2.24, 2.45) is 11.7 Å². The van der Waals surface area contributed by atoms with Gasteiger partial charge in [0.25, 0.3) is 0 Å². The van der Waals surface area contributed by atoms with Crippen LogP contribution in [0.4, 0.5) is 5.69 Å². The quantitative estimate of drug-likeness (QED) is 0.166. The number of aliphatic hydroxyl groups excluding tert-OH is 2. The molecule has 2 amide bonds. The number of amides is 2. The molecular weight excluding hydrogens is 622 g/mol. The Kier molecular flexibility index (Phi) is 8.65. The molecule has 10 heteroatoms. The van der Waals surface area contributed by atoms with Gasteiger partial charge in [-0.05, 0) is 52.6 Å². The lowest BCUT2D eigenvalue weighted by atomic mass is 9.65. The fraction of sp³-hybridized carbons (Fsp3) is 0.256. The Morgan fingerprint density at radius 2 is 1.57 bits per heavy atom. The van der Waals surface area contributed by atoms with Crippen LogP contribution in [0.25, 0.3) is 0 Å². The van der Waals surface area contributed by atoms with Crippen molar-refractivity contribution in [3.8, 4) is 17.6 Å². The number of morpholine rings is 1. The van der Waals surface area contributed by atoms with E-state index in [1.807, 2.05) is 77.7 Å². The number of esters is 1. The Labute approximate surface area is 283 Å². The summed E-state index contributed by atoms with van der Waals surface area (Å²) in [6, 6.07) is 28.6. The Bertz CT molecular complexity index is 1940. The van der Waals surface area contributed by atoms with Crippen LogP contribution in [-0.2, 0) is 24.5 Å². The molecule has 0 unspecified atom stereocenters. The Hall–Kier alpha value is -5.47. The van der Waals surface area contributed by atoms with Crippen LogP contribution in [0.15, 0.2) is 103 Å². The minimum absolute atomic E-state index is 0.0984. The number of ether oxygens (including phenoxy) is 2. The van der Waals surface area contributed by atoms with Crippen LogP contribution in [0.3, 0.4) is 0 Å². The van der Waals surface area contributed by atoms with Gasteiger partial charge in [-0.3, -0.25) is 19.3 Å². The highest BCUT2D eigenvalue weighted by molar-refractivity contribution is 6.12. The molecule has 2 fully saturated rings. The van der Waals surface area contributed by atoms with Crippen molar-refractivity contribution in [3.63, 3.8) is 0 Å². The summed E-state index contributed by atoms with van der Waals surface area (Å²) in [5.74, 6) is 3.21. The molecule has 248 valence electrons. The molecule has 7 rings (SSSR count). The van der Waals surface area contributed by atoms with E-state index in [-0.39, 0.29) is 26.2 Å². The van der Waals surface area contributed by atoms with Gasteiger partial charge in [-0.25, -0.2) is 0 Å². The van der Waals surface area contributed by atoms with Crippen molar-refractivity contribution in [1.82, 2.24) is 4.90 Å². The van der Waals surface area contributed by atoms with Gasteiger partial charge in [-0.1, -0.05) is 84.6 Å². The largest absolute Gasteiger partial charge is 0.491 e. The second-order valence-corrected chi connectivity index (χ2v) is 12.3. The van der Waals surface area contributed by atoms with Crippen LogP contribution >= 0.6 is 0 Å². The summed E-state index contributed by atoms with van der Waals surface area (Å²) in [4.78, 5) is 45.0. The average Bonchev–Trinajstić information content (AvgIpc) is 3.60. The minimum Gasteiger partial charge on any atom is -0.491 e. The van der Waals surface area contributed by atoms with Crippen molar-refractivity contribution < 1.29 is 34.1 Å². The molecule has 0 bridgehead atoms. The first-order valence-corrected chi connectivity index (χ1v) is 16.2. The van der Waals surface area contributed by atoms with Gasteiger partial charge in [0.15, 0.2) is 0 Å². The summed E-state index contributed by atoms with van der Waals surface area (Å²) in [5, 5.41) is 21.6. The average molecular weight is 658 g/mol. The zero-order valence-electron chi connectivity index (χ0n) is 26.5. The van der Waals surface area contributed by atoms with E-state index >= 15 is 0 Å². The lowest BCUT2D eigenvalue weighted by Gasteiger charge is -2.46. The van der Waals surface area contributed by atoms with Gasteiger partial charge in [0, 0.05) is 17.7 Å². The third-order valence-corrected chi connectivity index (χ3v) is 9.64. The molecule has 4 aromatic carbocycles. The molecule has 3 heterocycles. The maximum Gasteiger partial charge on any atom is 0.324 e. The first-order chi connectivity index (χ1) is 23.9. The van der Waals surface area contributed by atoms with Crippen molar-refractivity contribution >= 4 is 23.5 Å². The van der Waals surface area contributed by atoms with Gasteiger partial charge in [-0.15, -0.1) is 0 Å². The predicted molar refractivity (Wildman–Crippen MR) is 180 cm³/mol. The summed E-state index contributed by atoms with van der Waals surface area (Å²) < 4.78 is 11.9. The van der Waals surface area contributed by atoms with E-state index in [9.17, 15) is 24.6 Å². The number of nitrogens with two attached hydrogens (primary N) is 1. The van der Waals surface area contributed by atoms with E-state index in [4.69, 9.17) is 15.2 Å². The second-order valence-electron chi connectivity index (χ2n) is 12.3. The molecule has 4 aromatic rings. The van der Waals surface area contributed by atoms with Gasteiger partial charge in [-0.2, -0.15) is 0 Å². The van der Waals surface area contributed by atoms with Gasteiger partial charge in [0.05, 0.1) is 31.2 Å². The van der Waals surface area contributed by atoms with Crippen molar-refractivity contribution in [1.29, 1.82) is 0 Å². The molecule has 3 aliphatic rings. The van der Waals surface area contributed by atoms with Crippen LogP contribution in [-0.4, -0.2) is 58.8 Å². The SMILES string of the molecule is NC(=O)[C@H]1[C@@H]2C(=O)O[C@@H](c3ccccc3)[C@@H](c3ccccc3)N2[C@@H](c2ccc(OCCO)cc2)[C@]12C(=O)Nc1ccc(C#CCCO)cc12. The van der Waals surface area contributed by atoms with E-state index < -0.39 is 53.3 Å². The molecule has 0 aromatic heterocycles. The number of anilines is 1. The Morgan fingerprint density at radius 1 is 0.878 bits per heavy atom. The van der Waals surface area contributed by atoms with E-state index in [0.29, 0.717) is 28.1 Å². The molecule has 5 N–H and O–H groups in total. The van der Waals surface area contributed by atoms with Gasteiger partial charge >= 0.3 is 5.97 Å². The standard InChI is InChI=1S/C39H35N3O7/c40-36(45)31-33-37(46)49-34(26-12-5-2-6-13-26)32(25-10-3-1-4-11-25)42(33)35(27-15-17-28(18-16-27)48-22-21-44)39(31)29-23-24(9-7-8-20-43)14-19-30(29)41-38(39)47/h1-6,10-19,23,31-35,43-44H,8,20-22H2,(H2,40,45)(H,41,47)/t31-,32-,33-,34+,35+,39-/m1/s1. The van der Waals surface area contributed by atoms with E-state index in [1.54, 1.807) is 30.3 Å². The molecule has 2 saturated heterocycles. The van der Waals surface area contributed by atoms with Crippen LogP contribution in [0.5, 0.6) is 5.75 Å². The topological polar surface area (TPSA) is 151 Å². The van der Waals surface area contributed by atoms with E-state index in [0.717, 1.165) is 11.1 Å². The second kappa shape index (κ2) is 13.2. The number of hydrogen-bond donors (Lipinski definition) is 4. The third-order valence-electron chi connectivity index (χ3n) is 9.64. The normalized spacial score (nSPS) is 25.5. The number of nitrogens with zero attached hydrogens (tertiary/aromatic N) is 1. The molecule has 0 aliphatic carbocycles. The van der Waals surface area contributed by atoms with Crippen LogP contribution in [0.2, 0.25) is 0 Å². The Balaban J connectivity index is 1.52. The summed E-state index contributed by atoms with van der Waals surface area (Å²) in [6.45, 7) is -0.166. The number of hydrogen-bond acceptors (Lipinski definition) is 8. The van der Waals surface area contributed by atoms with Crippen LogP contribution in [0, 0.1) is 17.8 Å². The van der Waals surface area contributed by atoms with Crippen molar-refractivity contribution in [3.05, 3.63) is 131 Å².